The van der Waals surface area contributed by atoms with Crippen LogP contribution in [0.3, 0.4) is 0 Å². The van der Waals surface area contributed by atoms with Crippen LogP contribution in [-0.2, 0) is 16.0 Å². The lowest BCUT2D eigenvalue weighted by molar-refractivity contribution is -0.125. The van der Waals surface area contributed by atoms with Gasteiger partial charge in [0.25, 0.3) is 5.91 Å². The van der Waals surface area contributed by atoms with Gasteiger partial charge in [-0.2, -0.15) is 0 Å². The van der Waals surface area contributed by atoms with Crippen molar-refractivity contribution in [2.75, 3.05) is 5.32 Å². The second-order valence-corrected chi connectivity index (χ2v) is 5.56. The van der Waals surface area contributed by atoms with E-state index in [0.717, 1.165) is 22.4 Å². The van der Waals surface area contributed by atoms with E-state index in [2.05, 4.69) is 5.32 Å². The molecule has 1 aliphatic heterocycles. The van der Waals surface area contributed by atoms with Crippen LogP contribution in [0, 0.1) is 13.8 Å². The highest BCUT2D eigenvalue weighted by Gasteiger charge is 2.31. The standard InChI is InChI=1S/C18H17NO3/c1-11-7-8-15(12(2)9-11)19-17(20)16-10-13-5-3-4-6-14(13)18(21)22-16/h3-9,16H,10H2,1-2H3,(H,19,20)/t16-/m0/s1. The Kier molecular flexibility index (Phi) is 3.67. The van der Waals surface area contributed by atoms with E-state index >= 15 is 0 Å². The third kappa shape index (κ3) is 2.72. The minimum Gasteiger partial charge on any atom is -0.448 e. The molecule has 1 aliphatic rings. The summed E-state index contributed by atoms with van der Waals surface area (Å²) < 4.78 is 5.26. The quantitative estimate of drug-likeness (QED) is 0.866. The number of benzene rings is 2. The molecule has 2 aromatic rings. The summed E-state index contributed by atoms with van der Waals surface area (Å²) in [6, 6.07) is 13.0. The molecular formula is C18H17NO3. The Morgan fingerprint density at radius 2 is 1.95 bits per heavy atom. The number of fused-ring (bicyclic) bond motifs is 1. The molecule has 1 atom stereocenters. The van der Waals surface area contributed by atoms with Crippen LogP contribution >= 0.6 is 0 Å². The number of amides is 1. The van der Waals surface area contributed by atoms with Crippen molar-refractivity contribution >= 4 is 17.6 Å². The Labute approximate surface area is 129 Å². The molecule has 0 saturated carbocycles. The summed E-state index contributed by atoms with van der Waals surface area (Å²) in [6.45, 7) is 3.93. The SMILES string of the molecule is Cc1ccc(NC(=O)[C@@H]2Cc3ccccc3C(=O)O2)c(C)c1. The molecule has 1 amide bonds. The topological polar surface area (TPSA) is 55.4 Å². The molecule has 0 aliphatic carbocycles. The van der Waals surface area contributed by atoms with Crippen LogP contribution in [-0.4, -0.2) is 18.0 Å². The van der Waals surface area contributed by atoms with Gasteiger partial charge >= 0.3 is 5.97 Å². The Morgan fingerprint density at radius 3 is 2.73 bits per heavy atom. The van der Waals surface area contributed by atoms with E-state index in [1.807, 2.05) is 44.2 Å². The third-order valence-electron chi connectivity index (χ3n) is 3.82. The van der Waals surface area contributed by atoms with E-state index in [-0.39, 0.29) is 5.91 Å². The van der Waals surface area contributed by atoms with Gasteiger partial charge in [-0.25, -0.2) is 4.79 Å². The van der Waals surface area contributed by atoms with Gasteiger partial charge in [-0.05, 0) is 37.1 Å². The number of anilines is 1. The second-order valence-electron chi connectivity index (χ2n) is 5.56. The number of cyclic esters (lactones) is 1. The van der Waals surface area contributed by atoms with Crippen molar-refractivity contribution in [1.29, 1.82) is 0 Å². The van der Waals surface area contributed by atoms with Gasteiger partial charge < -0.3 is 10.1 Å². The third-order valence-corrected chi connectivity index (χ3v) is 3.82. The first-order valence-electron chi connectivity index (χ1n) is 7.21. The van der Waals surface area contributed by atoms with Crippen LogP contribution in [0.2, 0.25) is 0 Å². The molecule has 0 fully saturated rings. The number of ether oxygens (including phenoxy) is 1. The molecule has 0 radical (unpaired) electrons. The van der Waals surface area contributed by atoms with Crippen LogP contribution in [0.25, 0.3) is 0 Å². The molecule has 4 heteroatoms. The first kappa shape index (κ1) is 14.3. The Bertz CT molecular complexity index is 752. The summed E-state index contributed by atoms with van der Waals surface area (Å²) in [5, 5.41) is 2.84. The molecule has 3 rings (SSSR count). The van der Waals surface area contributed by atoms with Gasteiger partial charge in [-0.15, -0.1) is 0 Å². The number of aryl methyl sites for hydroxylation is 2. The van der Waals surface area contributed by atoms with Crippen LogP contribution in [0.5, 0.6) is 0 Å². The van der Waals surface area contributed by atoms with E-state index in [9.17, 15) is 9.59 Å². The number of esters is 1. The first-order valence-corrected chi connectivity index (χ1v) is 7.21. The van der Waals surface area contributed by atoms with Crippen LogP contribution in [0.15, 0.2) is 42.5 Å². The molecule has 4 nitrogen and oxygen atoms in total. The maximum atomic E-state index is 12.4. The average Bonchev–Trinajstić information content (AvgIpc) is 2.50. The number of carbonyl (C=O) groups is 2. The number of rotatable bonds is 2. The fourth-order valence-corrected chi connectivity index (χ4v) is 2.64. The molecule has 1 N–H and O–H groups in total. The number of carbonyl (C=O) groups excluding carboxylic acids is 2. The predicted molar refractivity (Wildman–Crippen MR) is 83.9 cm³/mol. The van der Waals surface area contributed by atoms with E-state index in [1.165, 1.54) is 0 Å². The molecule has 0 bridgehead atoms. The van der Waals surface area contributed by atoms with E-state index < -0.39 is 12.1 Å². The molecular weight excluding hydrogens is 278 g/mol. The molecule has 1 heterocycles. The number of hydrogen-bond donors (Lipinski definition) is 1. The highest BCUT2D eigenvalue weighted by atomic mass is 16.5. The highest BCUT2D eigenvalue weighted by molar-refractivity contribution is 6.00. The minimum absolute atomic E-state index is 0.296. The van der Waals surface area contributed by atoms with E-state index in [4.69, 9.17) is 4.74 Å². The lowest BCUT2D eigenvalue weighted by Crippen LogP contribution is -2.38. The minimum atomic E-state index is -0.789. The smallest absolute Gasteiger partial charge is 0.339 e. The summed E-state index contributed by atoms with van der Waals surface area (Å²) in [7, 11) is 0. The fourth-order valence-electron chi connectivity index (χ4n) is 2.64. The van der Waals surface area contributed by atoms with Crippen LogP contribution in [0.1, 0.15) is 27.0 Å². The van der Waals surface area contributed by atoms with Crippen molar-refractivity contribution in [3.63, 3.8) is 0 Å². The van der Waals surface area contributed by atoms with Crippen molar-refractivity contribution in [1.82, 2.24) is 0 Å². The Hall–Kier alpha value is -2.62. The lowest BCUT2D eigenvalue weighted by Gasteiger charge is -2.24. The van der Waals surface area contributed by atoms with Gasteiger partial charge in [-0.3, -0.25) is 4.79 Å². The Morgan fingerprint density at radius 1 is 1.18 bits per heavy atom. The monoisotopic (exact) mass is 295 g/mol. The normalized spacial score (nSPS) is 16.6. The van der Waals surface area contributed by atoms with Gasteiger partial charge in [0.1, 0.15) is 0 Å². The molecule has 112 valence electrons. The van der Waals surface area contributed by atoms with Crippen molar-refractivity contribution in [3.8, 4) is 0 Å². The molecule has 2 aromatic carbocycles. The lowest BCUT2D eigenvalue weighted by atomic mass is 9.98. The number of hydrogen-bond acceptors (Lipinski definition) is 3. The van der Waals surface area contributed by atoms with Crippen molar-refractivity contribution in [3.05, 3.63) is 64.7 Å². The molecule has 0 unspecified atom stereocenters. The predicted octanol–water partition coefficient (Wildman–Crippen LogP) is 3.02. The summed E-state index contributed by atoms with van der Waals surface area (Å²) >= 11 is 0. The van der Waals surface area contributed by atoms with Gasteiger partial charge in [0, 0.05) is 12.1 Å². The highest BCUT2D eigenvalue weighted by Crippen LogP contribution is 2.22. The molecule has 0 aromatic heterocycles. The molecule has 22 heavy (non-hydrogen) atoms. The van der Waals surface area contributed by atoms with Gasteiger partial charge in [0.15, 0.2) is 6.10 Å². The molecule has 0 spiro atoms. The summed E-state index contributed by atoms with van der Waals surface area (Å²) in [5.74, 6) is -0.738. The summed E-state index contributed by atoms with van der Waals surface area (Å²) in [6.07, 6.45) is -0.387. The average molecular weight is 295 g/mol. The van der Waals surface area contributed by atoms with Crippen LogP contribution < -0.4 is 5.32 Å². The zero-order valence-electron chi connectivity index (χ0n) is 12.6. The van der Waals surface area contributed by atoms with Gasteiger partial charge in [-0.1, -0.05) is 35.9 Å². The van der Waals surface area contributed by atoms with Gasteiger partial charge in [0.2, 0.25) is 0 Å². The fraction of sp³-hybridized carbons (Fsp3) is 0.222. The van der Waals surface area contributed by atoms with E-state index in [1.54, 1.807) is 12.1 Å². The van der Waals surface area contributed by atoms with Crippen molar-refractivity contribution in [2.24, 2.45) is 0 Å². The maximum Gasteiger partial charge on any atom is 0.339 e. The zero-order valence-corrected chi connectivity index (χ0v) is 12.6. The molecule has 0 saturated heterocycles. The summed E-state index contributed by atoms with van der Waals surface area (Å²) in [5.41, 5.74) is 4.24. The zero-order chi connectivity index (χ0) is 15.7. The van der Waals surface area contributed by atoms with Crippen molar-refractivity contribution in [2.45, 2.75) is 26.4 Å². The van der Waals surface area contributed by atoms with Crippen molar-refractivity contribution < 1.29 is 14.3 Å². The van der Waals surface area contributed by atoms with E-state index in [0.29, 0.717) is 12.0 Å². The van der Waals surface area contributed by atoms with Gasteiger partial charge in [0.05, 0.1) is 5.56 Å². The number of nitrogens with one attached hydrogen (secondary N) is 1. The first-order chi connectivity index (χ1) is 10.5. The Balaban J connectivity index is 1.78. The second kappa shape index (κ2) is 5.64. The maximum absolute atomic E-state index is 12.4. The van der Waals surface area contributed by atoms with Crippen LogP contribution in [0.4, 0.5) is 5.69 Å². The summed E-state index contributed by atoms with van der Waals surface area (Å²) in [4.78, 5) is 24.3. The largest absolute Gasteiger partial charge is 0.448 e.